The second kappa shape index (κ2) is 5.84. The van der Waals surface area contributed by atoms with Gasteiger partial charge in [-0.05, 0) is 18.3 Å². The second-order valence-electron chi connectivity index (χ2n) is 4.12. The zero-order valence-corrected chi connectivity index (χ0v) is 9.26. The number of methoxy groups -OCH3 is 1. The molecule has 0 aromatic rings. The number of rotatable bonds is 4. The summed E-state index contributed by atoms with van der Waals surface area (Å²) in [6.07, 6.45) is 0.659. The Morgan fingerprint density at radius 2 is 1.85 bits per heavy atom. The van der Waals surface area contributed by atoms with E-state index in [9.17, 15) is 4.79 Å². The summed E-state index contributed by atoms with van der Waals surface area (Å²) in [4.78, 5) is 11.0. The van der Waals surface area contributed by atoms with E-state index in [1.54, 1.807) is 0 Å². The highest BCUT2D eigenvalue weighted by atomic mass is 16.5. The SMILES string of the molecule is COC(=O)NC(CC(C)C)C(C)C. The molecule has 0 radical (unpaired) electrons. The fourth-order valence-electron chi connectivity index (χ4n) is 1.22. The van der Waals surface area contributed by atoms with Crippen LogP contribution in [0, 0.1) is 11.8 Å². The molecule has 1 N–H and O–H groups in total. The monoisotopic (exact) mass is 187 g/mol. The van der Waals surface area contributed by atoms with Gasteiger partial charge in [0.25, 0.3) is 0 Å². The Bertz CT molecular complexity index is 155. The maximum absolute atomic E-state index is 11.0. The molecular formula is C10H21NO2. The number of nitrogens with one attached hydrogen (secondary N) is 1. The highest BCUT2D eigenvalue weighted by Crippen LogP contribution is 2.12. The molecule has 0 aliphatic carbocycles. The average molecular weight is 187 g/mol. The van der Waals surface area contributed by atoms with E-state index in [-0.39, 0.29) is 12.1 Å². The summed E-state index contributed by atoms with van der Waals surface area (Å²) in [5.41, 5.74) is 0. The molecule has 0 aliphatic rings. The Kier molecular flexibility index (Phi) is 5.51. The Hall–Kier alpha value is -0.730. The van der Waals surface area contributed by atoms with Gasteiger partial charge in [0.2, 0.25) is 0 Å². The number of carbonyl (C=O) groups is 1. The molecule has 1 unspecified atom stereocenters. The molecule has 3 nitrogen and oxygen atoms in total. The van der Waals surface area contributed by atoms with Gasteiger partial charge in [0.1, 0.15) is 0 Å². The summed E-state index contributed by atoms with van der Waals surface area (Å²) in [5, 5.41) is 2.84. The van der Waals surface area contributed by atoms with E-state index in [4.69, 9.17) is 0 Å². The first-order valence-electron chi connectivity index (χ1n) is 4.81. The second-order valence-corrected chi connectivity index (χ2v) is 4.12. The molecule has 1 amide bonds. The molecule has 13 heavy (non-hydrogen) atoms. The minimum Gasteiger partial charge on any atom is -0.453 e. The molecule has 0 fully saturated rings. The molecular weight excluding hydrogens is 166 g/mol. The van der Waals surface area contributed by atoms with Crippen LogP contribution in [0.3, 0.4) is 0 Å². The average Bonchev–Trinajstić information content (AvgIpc) is 2.02. The van der Waals surface area contributed by atoms with Crippen molar-refractivity contribution in [1.29, 1.82) is 0 Å². The zero-order valence-electron chi connectivity index (χ0n) is 9.26. The largest absolute Gasteiger partial charge is 0.453 e. The highest BCUT2D eigenvalue weighted by Gasteiger charge is 2.17. The number of hydrogen-bond acceptors (Lipinski definition) is 2. The van der Waals surface area contributed by atoms with Crippen molar-refractivity contribution in [2.24, 2.45) is 11.8 Å². The molecule has 0 aromatic heterocycles. The van der Waals surface area contributed by atoms with Gasteiger partial charge in [0.05, 0.1) is 7.11 Å². The van der Waals surface area contributed by atoms with E-state index < -0.39 is 0 Å². The van der Waals surface area contributed by atoms with Gasteiger partial charge in [-0.1, -0.05) is 27.7 Å². The minimum absolute atomic E-state index is 0.215. The lowest BCUT2D eigenvalue weighted by molar-refractivity contribution is 0.160. The van der Waals surface area contributed by atoms with Crippen LogP contribution in [0.2, 0.25) is 0 Å². The van der Waals surface area contributed by atoms with Crippen LogP contribution >= 0.6 is 0 Å². The summed E-state index contributed by atoms with van der Waals surface area (Å²) in [5.74, 6) is 1.03. The summed E-state index contributed by atoms with van der Waals surface area (Å²) >= 11 is 0. The number of alkyl carbamates (subject to hydrolysis) is 1. The third kappa shape index (κ3) is 5.50. The third-order valence-corrected chi connectivity index (χ3v) is 2.02. The number of ether oxygens (including phenoxy) is 1. The molecule has 0 rings (SSSR count). The minimum atomic E-state index is -0.334. The van der Waals surface area contributed by atoms with Crippen molar-refractivity contribution in [3.8, 4) is 0 Å². The van der Waals surface area contributed by atoms with Crippen LogP contribution in [0.4, 0.5) is 4.79 Å². The van der Waals surface area contributed by atoms with E-state index in [0.717, 1.165) is 6.42 Å². The van der Waals surface area contributed by atoms with Crippen LogP contribution in [0.15, 0.2) is 0 Å². The first-order valence-corrected chi connectivity index (χ1v) is 4.81. The lowest BCUT2D eigenvalue weighted by atomic mass is 9.95. The van der Waals surface area contributed by atoms with Gasteiger partial charge in [-0.25, -0.2) is 4.79 Å². The van der Waals surface area contributed by atoms with Crippen molar-refractivity contribution in [3.63, 3.8) is 0 Å². The Morgan fingerprint density at radius 3 is 2.15 bits per heavy atom. The van der Waals surface area contributed by atoms with Crippen molar-refractivity contribution >= 4 is 6.09 Å². The molecule has 0 heterocycles. The quantitative estimate of drug-likeness (QED) is 0.734. The van der Waals surface area contributed by atoms with Gasteiger partial charge >= 0.3 is 6.09 Å². The van der Waals surface area contributed by atoms with Crippen LogP contribution in [-0.4, -0.2) is 19.2 Å². The van der Waals surface area contributed by atoms with E-state index in [2.05, 4.69) is 37.7 Å². The molecule has 3 heteroatoms. The number of hydrogen-bond donors (Lipinski definition) is 1. The molecule has 78 valence electrons. The van der Waals surface area contributed by atoms with Gasteiger partial charge in [-0.3, -0.25) is 0 Å². The highest BCUT2D eigenvalue weighted by molar-refractivity contribution is 5.67. The first-order chi connectivity index (χ1) is 5.97. The Balaban J connectivity index is 4.02. The van der Waals surface area contributed by atoms with E-state index in [0.29, 0.717) is 11.8 Å². The van der Waals surface area contributed by atoms with Gasteiger partial charge in [0.15, 0.2) is 0 Å². The van der Waals surface area contributed by atoms with Crippen molar-refractivity contribution in [1.82, 2.24) is 5.32 Å². The van der Waals surface area contributed by atoms with E-state index in [1.807, 2.05) is 0 Å². The van der Waals surface area contributed by atoms with Crippen LogP contribution in [0.1, 0.15) is 34.1 Å². The van der Waals surface area contributed by atoms with Gasteiger partial charge < -0.3 is 10.1 Å². The summed E-state index contributed by atoms with van der Waals surface area (Å²) in [7, 11) is 1.39. The normalized spacial score (nSPS) is 13.2. The summed E-state index contributed by atoms with van der Waals surface area (Å²) < 4.78 is 4.56. The van der Waals surface area contributed by atoms with Crippen molar-refractivity contribution < 1.29 is 9.53 Å². The summed E-state index contributed by atoms with van der Waals surface area (Å²) in [6.45, 7) is 8.49. The predicted octanol–water partition coefficient (Wildman–Crippen LogP) is 2.41. The van der Waals surface area contributed by atoms with Gasteiger partial charge in [0, 0.05) is 6.04 Å². The molecule has 0 bridgehead atoms. The van der Waals surface area contributed by atoms with Crippen molar-refractivity contribution in [3.05, 3.63) is 0 Å². The Morgan fingerprint density at radius 1 is 1.31 bits per heavy atom. The number of amides is 1. The molecule has 0 spiro atoms. The van der Waals surface area contributed by atoms with Gasteiger partial charge in [-0.2, -0.15) is 0 Å². The summed E-state index contributed by atoms with van der Waals surface area (Å²) in [6, 6.07) is 0.215. The van der Waals surface area contributed by atoms with Crippen LogP contribution in [-0.2, 0) is 4.74 Å². The maximum atomic E-state index is 11.0. The topological polar surface area (TPSA) is 38.3 Å². The molecule has 0 aromatic carbocycles. The standard InChI is InChI=1S/C10H21NO2/c1-7(2)6-9(8(3)4)11-10(12)13-5/h7-9H,6H2,1-5H3,(H,11,12). The predicted molar refractivity (Wildman–Crippen MR) is 53.6 cm³/mol. The van der Waals surface area contributed by atoms with E-state index >= 15 is 0 Å². The molecule has 0 aliphatic heterocycles. The fourth-order valence-corrected chi connectivity index (χ4v) is 1.22. The van der Waals surface area contributed by atoms with Crippen molar-refractivity contribution in [2.75, 3.05) is 7.11 Å². The first kappa shape index (κ1) is 12.3. The molecule has 1 atom stereocenters. The molecule has 0 saturated heterocycles. The van der Waals surface area contributed by atoms with Crippen LogP contribution in [0.5, 0.6) is 0 Å². The molecule has 0 saturated carbocycles. The van der Waals surface area contributed by atoms with Crippen LogP contribution < -0.4 is 5.32 Å². The van der Waals surface area contributed by atoms with Gasteiger partial charge in [-0.15, -0.1) is 0 Å². The zero-order chi connectivity index (χ0) is 10.4. The lowest BCUT2D eigenvalue weighted by Crippen LogP contribution is -2.39. The fraction of sp³-hybridized carbons (Fsp3) is 0.900. The lowest BCUT2D eigenvalue weighted by Gasteiger charge is -2.23. The van der Waals surface area contributed by atoms with Crippen molar-refractivity contribution in [2.45, 2.75) is 40.2 Å². The van der Waals surface area contributed by atoms with Crippen LogP contribution in [0.25, 0.3) is 0 Å². The maximum Gasteiger partial charge on any atom is 0.407 e. The number of carbonyl (C=O) groups excluding carboxylic acids is 1. The Labute approximate surface area is 80.8 Å². The third-order valence-electron chi connectivity index (χ3n) is 2.02. The smallest absolute Gasteiger partial charge is 0.407 e. The van der Waals surface area contributed by atoms with E-state index in [1.165, 1.54) is 7.11 Å².